The molecule has 7 heteroatoms. The fraction of sp³-hybridized carbons (Fsp3) is 0.923. The molecule has 0 aromatic heterocycles. The van der Waals surface area contributed by atoms with E-state index in [0.717, 1.165) is 25.7 Å². The summed E-state index contributed by atoms with van der Waals surface area (Å²) in [7, 11) is -3.53. The van der Waals surface area contributed by atoms with Crippen LogP contribution in [-0.2, 0) is 19.6 Å². The average molecular weight is 306 g/mol. The number of carbonyl (C=O) groups is 1. The lowest BCUT2D eigenvalue weighted by Gasteiger charge is -2.42. The Balaban J connectivity index is 2.65. The van der Waals surface area contributed by atoms with Gasteiger partial charge in [0.1, 0.15) is 0 Å². The summed E-state index contributed by atoms with van der Waals surface area (Å²) in [6, 6.07) is 0. The number of nitrogens with one attached hydrogen (secondary N) is 1. The minimum Gasteiger partial charge on any atom is -0.466 e. The molecule has 0 aromatic carbocycles. The summed E-state index contributed by atoms with van der Waals surface area (Å²) in [4.78, 5) is 11.3. The van der Waals surface area contributed by atoms with E-state index in [1.807, 2.05) is 6.92 Å². The van der Waals surface area contributed by atoms with Crippen LogP contribution < -0.4 is 10.5 Å². The molecule has 1 saturated carbocycles. The molecular formula is C13H26N2O4S. The minimum atomic E-state index is -3.53. The number of hydrogen-bond donors (Lipinski definition) is 2. The Kier molecular flexibility index (Phi) is 6.42. The number of esters is 1. The first kappa shape index (κ1) is 17.4. The van der Waals surface area contributed by atoms with Gasteiger partial charge >= 0.3 is 5.97 Å². The van der Waals surface area contributed by atoms with Crippen LogP contribution in [0.3, 0.4) is 0 Å². The Hall–Kier alpha value is -0.660. The lowest BCUT2D eigenvalue weighted by molar-refractivity contribution is -0.142. The maximum Gasteiger partial charge on any atom is 0.306 e. The molecule has 1 rings (SSSR count). The van der Waals surface area contributed by atoms with Crippen LogP contribution in [0.25, 0.3) is 0 Å². The topological polar surface area (TPSA) is 98.5 Å². The molecule has 1 aliphatic carbocycles. The molecule has 1 fully saturated rings. The maximum absolute atomic E-state index is 12.1. The van der Waals surface area contributed by atoms with Gasteiger partial charge in [-0.25, -0.2) is 13.1 Å². The van der Waals surface area contributed by atoms with Gasteiger partial charge in [0.2, 0.25) is 10.0 Å². The molecule has 0 heterocycles. The van der Waals surface area contributed by atoms with E-state index in [2.05, 4.69) is 4.72 Å². The Morgan fingerprint density at radius 2 is 2.15 bits per heavy atom. The van der Waals surface area contributed by atoms with Crippen LogP contribution in [0.4, 0.5) is 0 Å². The van der Waals surface area contributed by atoms with Crippen LogP contribution in [0.1, 0.15) is 46.0 Å². The van der Waals surface area contributed by atoms with E-state index >= 15 is 0 Å². The first-order chi connectivity index (χ1) is 9.35. The maximum atomic E-state index is 12.1. The molecule has 3 N–H and O–H groups in total. The van der Waals surface area contributed by atoms with Gasteiger partial charge in [0.25, 0.3) is 0 Å². The van der Waals surface area contributed by atoms with Crippen LogP contribution in [-0.4, -0.2) is 38.8 Å². The minimum absolute atomic E-state index is 0.127. The second-order valence-corrected chi connectivity index (χ2v) is 7.32. The van der Waals surface area contributed by atoms with Crippen molar-refractivity contribution in [3.63, 3.8) is 0 Å². The van der Waals surface area contributed by atoms with Crippen molar-refractivity contribution < 1.29 is 17.9 Å². The van der Waals surface area contributed by atoms with Crippen molar-refractivity contribution in [3.05, 3.63) is 0 Å². The molecule has 0 saturated heterocycles. The predicted molar refractivity (Wildman–Crippen MR) is 77.6 cm³/mol. The van der Waals surface area contributed by atoms with Crippen molar-refractivity contribution in [3.8, 4) is 0 Å². The van der Waals surface area contributed by atoms with Gasteiger partial charge in [-0.05, 0) is 25.7 Å². The van der Waals surface area contributed by atoms with Crippen LogP contribution in [0.15, 0.2) is 0 Å². The van der Waals surface area contributed by atoms with Crippen LogP contribution in [0.2, 0.25) is 0 Å². The molecule has 6 nitrogen and oxygen atoms in total. The highest BCUT2D eigenvalue weighted by Crippen LogP contribution is 2.33. The van der Waals surface area contributed by atoms with Gasteiger partial charge in [-0.1, -0.05) is 19.8 Å². The summed E-state index contributed by atoms with van der Waals surface area (Å²) in [5.41, 5.74) is 5.26. The van der Waals surface area contributed by atoms with Gasteiger partial charge in [-0.2, -0.15) is 0 Å². The molecule has 118 valence electrons. The number of sulfonamides is 1. The highest BCUT2D eigenvalue weighted by molar-refractivity contribution is 7.89. The molecule has 0 aromatic rings. The smallest absolute Gasteiger partial charge is 0.306 e. The molecule has 2 atom stereocenters. The molecule has 2 unspecified atom stereocenters. The number of carbonyl (C=O) groups excluding carboxylic acids is 1. The summed E-state index contributed by atoms with van der Waals surface area (Å²) < 4.78 is 31.8. The van der Waals surface area contributed by atoms with Crippen LogP contribution in [0.5, 0.6) is 0 Å². The van der Waals surface area contributed by atoms with Gasteiger partial charge in [-0.3, -0.25) is 4.79 Å². The van der Waals surface area contributed by atoms with Gasteiger partial charge in [0.15, 0.2) is 0 Å². The van der Waals surface area contributed by atoms with Crippen molar-refractivity contribution in [1.29, 1.82) is 0 Å². The van der Waals surface area contributed by atoms with Crippen LogP contribution >= 0.6 is 0 Å². The largest absolute Gasteiger partial charge is 0.466 e. The van der Waals surface area contributed by atoms with Crippen LogP contribution in [0, 0.1) is 5.92 Å². The summed E-state index contributed by atoms with van der Waals surface area (Å²) in [6.07, 6.45) is 3.68. The SMILES string of the molecule is CCOC(=O)CCS(=O)(=O)NC1(CN)CCCCC1C. The molecule has 0 bridgehead atoms. The summed E-state index contributed by atoms with van der Waals surface area (Å²) in [5.74, 6) is -0.532. The number of nitrogens with two attached hydrogens (primary N) is 1. The van der Waals surface area contributed by atoms with E-state index in [0.29, 0.717) is 0 Å². The molecule has 1 aliphatic rings. The van der Waals surface area contributed by atoms with Crippen molar-refractivity contribution in [2.75, 3.05) is 18.9 Å². The predicted octanol–water partition coefficient (Wildman–Crippen LogP) is 0.767. The fourth-order valence-corrected chi connectivity index (χ4v) is 4.27. The summed E-state index contributed by atoms with van der Waals surface area (Å²) in [5, 5.41) is 0. The number of rotatable bonds is 7. The monoisotopic (exact) mass is 306 g/mol. The summed E-state index contributed by atoms with van der Waals surface area (Å²) >= 11 is 0. The van der Waals surface area contributed by atoms with Crippen molar-refractivity contribution in [2.45, 2.75) is 51.5 Å². The van der Waals surface area contributed by atoms with E-state index in [9.17, 15) is 13.2 Å². The second kappa shape index (κ2) is 7.38. The van der Waals surface area contributed by atoms with Gasteiger partial charge in [0.05, 0.1) is 18.8 Å². The molecule has 0 aliphatic heterocycles. The molecule has 20 heavy (non-hydrogen) atoms. The van der Waals surface area contributed by atoms with Crippen molar-refractivity contribution in [1.82, 2.24) is 4.72 Å². The van der Waals surface area contributed by atoms with Gasteiger partial charge in [0, 0.05) is 12.1 Å². The van der Waals surface area contributed by atoms with Crippen molar-refractivity contribution in [2.24, 2.45) is 11.7 Å². The highest BCUT2D eigenvalue weighted by atomic mass is 32.2. The lowest BCUT2D eigenvalue weighted by atomic mass is 9.74. The van der Waals surface area contributed by atoms with E-state index in [1.54, 1.807) is 6.92 Å². The zero-order valence-corrected chi connectivity index (χ0v) is 13.2. The normalized spacial score (nSPS) is 27.2. The zero-order valence-electron chi connectivity index (χ0n) is 12.4. The molecule has 0 radical (unpaired) electrons. The van der Waals surface area contributed by atoms with E-state index in [1.165, 1.54) is 0 Å². The third-order valence-corrected chi connectivity index (χ3v) is 5.52. The van der Waals surface area contributed by atoms with Gasteiger partial charge in [-0.15, -0.1) is 0 Å². The van der Waals surface area contributed by atoms with E-state index in [-0.39, 0.29) is 31.2 Å². The highest BCUT2D eigenvalue weighted by Gasteiger charge is 2.40. The Morgan fingerprint density at radius 3 is 2.70 bits per heavy atom. The summed E-state index contributed by atoms with van der Waals surface area (Å²) in [6.45, 7) is 4.26. The number of hydrogen-bond acceptors (Lipinski definition) is 5. The second-order valence-electron chi connectivity index (χ2n) is 5.48. The van der Waals surface area contributed by atoms with E-state index in [4.69, 9.17) is 10.5 Å². The third-order valence-electron chi connectivity index (χ3n) is 4.06. The molecule has 0 spiro atoms. The van der Waals surface area contributed by atoms with Gasteiger partial charge < -0.3 is 10.5 Å². The standard InChI is InChI=1S/C13H26N2O4S/c1-3-19-12(16)7-9-20(17,18)15-13(10-14)8-5-4-6-11(13)2/h11,15H,3-10,14H2,1-2H3. The first-order valence-corrected chi connectivity index (χ1v) is 8.88. The Morgan fingerprint density at radius 1 is 1.45 bits per heavy atom. The average Bonchev–Trinajstić information content (AvgIpc) is 2.40. The Bertz CT molecular complexity index is 424. The van der Waals surface area contributed by atoms with Crippen molar-refractivity contribution >= 4 is 16.0 Å². The quantitative estimate of drug-likeness (QED) is 0.677. The first-order valence-electron chi connectivity index (χ1n) is 7.22. The lowest BCUT2D eigenvalue weighted by Crippen LogP contribution is -2.59. The van der Waals surface area contributed by atoms with E-state index < -0.39 is 21.5 Å². The zero-order chi connectivity index (χ0) is 15.2. The number of ether oxygens (including phenoxy) is 1. The molecule has 0 amide bonds. The third kappa shape index (κ3) is 4.71. The molecular weight excluding hydrogens is 280 g/mol. The Labute approximate surface area is 121 Å². The fourth-order valence-electron chi connectivity index (χ4n) is 2.72.